The summed E-state index contributed by atoms with van der Waals surface area (Å²) in [5, 5.41) is 44.2. The molecule has 0 radical (unpaired) electrons. The fraction of sp³-hybridized carbons (Fsp3) is 0.907. The fourth-order valence-corrected chi connectivity index (χ4v) is 10.9. The molecule has 4 saturated heterocycles. The maximum atomic E-state index is 14.5. The number of hydrogen-bond donors (Lipinski definition) is 4. The molecular weight excluding hydrogens is 692 g/mol. The van der Waals surface area contributed by atoms with Crippen molar-refractivity contribution in [3.05, 3.63) is 12.2 Å². The molecular formula is C43H72O11. The van der Waals surface area contributed by atoms with E-state index >= 15 is 0 Å². The molecule has 54 heavy (non-hydrogen) atoms. The first-order valence-corrected chi connectivity index (χ1v) is 21.1. The van der Waals surface area contributed by atoms with E-state index in [2.05, 4.69) is 20.8 Å². The van der Waals surface area contributed by atoms with Crippen LogP contribution in [0.3, 0.4) is 0 Å². The van der Waals surface area contributed by atoms with E-state index in [4.69, 9.17) is 23.7 Å². The predicted molar refractivity (Wildman–Crippen MR) is 203 cm³/mol. The quantitative estimate of drug-likeness (QED) is 0.162. The normalized spacial score (nSPS) is 46.9. The molecule has 0 amide bonds. The summed E-state index contributed by atoms with van der Waals surface area (Å²) in [6.07, 6.45) is 4.75. The van der Waals surface area contributed by atoms with Crippen LogP contribution in [0.25, 0.3) is 0 Å². The number of Topliss-reactive ketones (excluding diaryl/α,β-unsaturated/α-hetero) is 1. The minimum atomic E-state index is -1.37. The van der Waals surface area contributed by atoms with Crippen LogP contribution in [-0.2, 0) is 33.3 Å². The lowest BCUT2D eigenvalue weighted by atomic mass is 9.72. The van der Waals surface area contributed by atoms with E-state index in [1.54, 1.807) is 19.1 Å². The fourth-order valence-electron chi connectivity index (χ4n) is 10.9. The monoisotopic (exact) mass is 765 g/mol. The lowest BCUT2D eigenvalue weighted by Gasteiger charge is -2.54. The SMILES string of the molecule is CC[C@@H](C(=O)O)C1O[C@@H](C(C)C(O)[C@H](C)C(=O)[C@H](CC)C2O[C@]3(C=C[C@@H](O)[C@]4(CCC(C)(C5CC[C@](O)(CC)C(C)O5)O4)O3)[C@H](C)C[C@@H]2C)C(C)C[C@@H]1C. The van der Waals surface area contributed by atoms with E-state index in [0.29, 0.717) is 51.4 Å². The highest BCUT2D eigenvalue weighted by atomic mass is 16.8. The standard InChI is InChI=1S/C43H72O11/c1-12-30(35(46)27(8)34(45)28(9)36-23(4)21-24(5)37(51-36)31(13-2)39(47)48)38-25(6)22-26(7)42(52-38)18-15-32(44)43(54-42)20-19-40(11,53-43)33-16-17-41(49,14-3)29(10)50-33/h15,18,23-34,36-38,44-45,49H,12-14,16-17,19-22H2,1-11H3,(H,47,48)/t23?,24-,25-,26+,27-,28?,29?,30-,31+,32+,33?,34?,36+,37?,38?,40?,41+,42-,43-/m0/s1. The minimum Gasteiger partial charge on any atom is -0.481 e. The topological polar surface area (TPSA) is 161 Å². The summed E-state index contributed by atoms with van der Waals surface area (Å²) < 4.78 is 33.6. The summed E-state index contributed by atoms with van der Waals surface area (Å²) in [7, 11) is 0. The number of carboxylic acid groups (broad SMARTS) is 1. The number of ether oxygens (including phenoxy) is 5. The van der Waals surface area contributed by atoms with Crippen LogP contribution in [0.4, 0.5) is 0 Å². The second-order valence-electron chi connectivity index (χ2n) is 18.5. The molecule has 0 aromatic heterocycles. The molecule has 0 bridgehead atoms. The van der Waals surface area contributed by atoms with Gasteiger partial charge in [0.15, 0.2) is 5.79 Å². The number of rotatable bonds is 12. The molecule has 11 nitrogen and oxygen atoms in total. The summed E-state index contributed by atoms with van der Waals surface area (Å²) in [6.45, 7) is 21.7. The van der Waals surface area contributed by atoms with Gasteiger partial charge in [0, 0.05) is 30.1 Å². The van der Waals surface area contributed by atoms with Gasteiger partial charge in [-0.3, -0.25) is 9.59 Å². The molecule has 5 aliphatic heterocycles. The molecule has 4 fully saturated rings. The van der Waals surface area contributed by atoms with E-state index in [-0.39, 0.29) is 47.8 Å². The third-order valence-corrected chi connectivity index (χ3v) is 14.8. The number of carbonyl (C=O) groups excluding carboxylic acids is 1. The number of aliphatic hydroxyl groups excluding tert-OH is 2. The highest BCUT2D eigenvalue weighted by molar-refractivity contribution is 5.84. The second-order valence-corrected chi connectivity index (χ2v) is 18.5. The number of carbonyl (C=O) groups is 2. The second kappa shape index (κ2) is 16.4. The van der Waals surface area contributed by atoms with Gasteiger partial charge in [0.2, 0.25) is 5.79 Å². The van der Waals surface area contributed by atoms with E-state index < -0.39 is 76.8 Å². The van der Waals surface area contributed by atoms with Crippen LogP contribution in [0.1, 0.15) is 134 Å². The zero-order chi connectivity index (χ0) is 40.1. The van der Waals surface area contributed by atoms with Crippen LogP contribution in [0.15, 0.2) is 12.2 Å². The van der Waals surface area contributed by atoms with Crippen molar-refractivity contribution in [2.75, 3.05) is 0 Å². The molecule has 0 aromatic carbocycles. The van der Waals surface area contributed by atoms with Gasteiger partial charge in [0.1, 0.15) is 11.9 Å². The number of hydrogen-bond acceptors (Lipinski definition) is 10. The Morgan fingerprint density at radius 1 is 0.852 bits per heavy atom. The summed E-state index contributed by atoms with van der Waals surface area (Å²) in [5.41, 5.74) is -1.63. The van der Waals surface area contributed by atoms with Gasteiger partial charge in [-0.15, -0.1) is 0 Å². The maximum absolute atomic E-state index is 14.5. The number of aliphatic hydroxyl groups is 3. The Kier molecular flexibility index (Phi) is 13.3. The van der Waals surface area contributed by atoms with Gasteiger partial charge in [-0.1, -0.05) is 62.3 Å². The van der Waals surface area contributed by atoms with Crippen molar-refractivity contribution >= 4 is 11.8 Å². The van der Waals surface area contributed by atoms with E-state index in [9.17, 15) is 30.0 Å². The van der Waals surface area contributed by atoms with Crippen molar-refractivity contribution in [2.45, 2.75) is 199 Å². The number of aliphatic carboxylic acids is 1. The lowest BCUT2D eigenvalue weighted by Crippen LogP contribution is -2.63. The van der Waals surface area contributed by atoms with E-state index in [1.807, 2.05) is 48.5 Å². The van der Waals surface area contributed by atoms with Gasteiger partial charge >= 0.3 is 5.97 Å². The summed E-state index contributed by atoms with van der Waals surface area (Å²) >= 11 is 0. The van der Waals surface area contributed by atoms with Crippen molar-refractivity contribution in [1.82, 2.24) is 0 Å². The van der Waals surface area contributed by atoms with Gasteiger partial charge in [0.25, 0.3) is 0 Å². The van der Waals surface area contributed by atoms with Crippen molar-refractivity contribution in [3.8, 4) is 0 Å². The predicted octanol–water partition coefficient (Wildman–Crippen LogP) is 6.43. The molecule has 19 atom stereocenters. The Morgan fingerprint density at radius 3 is 2.07 bits per heavy atom. The van der Waals surface area contributed by atoms with Crippen LogP contribution in [0.5, 0.6) is 0 Å². The molecule has 4 N–H and O–H groups in total. The van der Waals surface area contributed by atoms with Crippen LogP contribution < -0.4 is 0 Å². The van der Waals surface area contributed by atoms with Gasteiger partial charge in [-0.05, 0) is 95.1 Å². The molecule has 11 heteroatoms. The molecule has 2 spiro atoms. The Balaban J connectivity index is 1.32. The van der Waals surface area contributed by atoms with Crippen molar-refractivity contribution in [1.29, 1.82) is 0 Å². The van der Waals surface area contributed by atoms with Gasteiger partial charge in [0.05, 0.1) is 53.7 Å². The smallest absolute Gasteiger partial charge is 0.309 e. The first-order valence-electron chi connectivity index (χ1n) is 21.1. The number of carboxylic acids is 1. The maximum Gasteiger partial charge on any atom is 0.309 e. The molecule has 0 aliphatic carbocycles. The molecule has 8 unspecified atom stereocenters. The van der Waals surface area contributed by atoms with E-state index in [1.165, 1.54) is 0 Å². The van der Waals surface area contributed by atoms with Crippen molar-refractivity contribution in [2.24, 2.45) is 47.3 Å². The first kappa shape index (κ1) is 43.7. The van der Waals surface area contributed by atoms with Crippen molar-refractivity contribution in [3.63, 3.8) is 0 Å². The third-order valence-electron chi connectivity index (χ3n) is 14.8. The molecule has 0 saturated carbocycles. The zero-order valence-electron chi connectivity index (χ0n) is 34.8. The summed E-state index contributed by atoms with van der Waals surface area (Å²) in [5.74, 6) is -5.80. The Morgan fingerprint density at radius 2 is 1.48 bits per heavy atom. The third kappa shape index (κ3) is 7.88. The minimum absolute atomic E-state index is 0.0104. The Labute approximate surface area is 323 Å². The van der Waals surface area contributed by atoms with Gasteiger partial charge < -0.3 is 44.1 Å². The molecule has 5 aliphatic rings. The molecule has 5 heterocycles. The summed E-state index contributed by atoms with van der Waals surface area (Å²) in [4.78, 5) is 26.6. The Bertz CT molecular complexity index is 1360. The molecule has 5 rings (SSSR count). The molecule has 310 valence electrons. The van der Waals surface area contributed by atoms with Gasteiger partial charge in [-0.25, -0.2) is 0 Å². The zero-order valence-corrected chi connectivity index (χ0v) is 34.8. The molecule has 0 aromatic rings. The number of ketones is 1. The van der Waals surface area contributed by atoms with Crippen LogP contribution in [0, 0.1) is 47.3 Å². The van der Waals surface area contributed by atoms with Crippen LogP contribution in [0.2, 0.25) is 0 Å². The average Bonchev–Trinajstić information content (AvgIpc) is 3.47. The van der Waals surface area contributed by atoms with Crippen molar-refractivity contribution < 1.29 is 53.7 Å². The highest BCUT2D eigenvalue weighted by Crippen LogP contribution is 2.54. The van der Waals surface area contributed by atoms with Crippen LogP contribution in [-0.4, -0.2) is 97.7 Å². The first-order chi connectivity index (χ1) is 25.2. The highest BCUT2D eigenvalue weighted by Gasteiger charge is 2.63. The lowest BCUT2D eigenvalue weighted by molar-refractivity contribution is -0.409. The van der Waals surface area contributed by atoms with Gasteiger partial charge in [-0.2, -0.15) is 0 Å². The summed E-state index contributed by atoms with van der Waals surface area (Å²) in [6, 6.07) is 0. The largest absolute Gasteiger partial charge is 0.481 e. The van der Waals surface area contributed by atoms with E-state index in [0.717, 1.165) is 6.42 Å². The van der Waals surface area contributed by atoms with Crippen LogP contribution >= 0.6 is 0 Å². The average molecular weight is 765 g/mol. The Hall–Kier alpha value is -1.44.